The Morgan fingerprint density at radius 1 is 1.20 bits per heavy atom. The molecule has 0 radical (unpaired) electrons. The maximum Gasteiger partial charge on any atom is 0.277 e. The van der Waals surface area contributed by atoms with Gasteiger partial charge in [-0.2, -0.15) is 4.98 Å². The molecule has 1 atom stereocenters. The van der Waals surface area contributed by atoms with Crippen LogP contribution in [0.5, 0.6) is 0 Å². The predicted octanol–water partition coefficient (Wildman–Crippen LogP) is 3.94. The van der Waals surface area contributed by atoms with Crippen molar-refractivity contribution in [2.75, 3.05) is 0 Å². The average molecular weight is 355 g/mol. The fourth-order valence-electron chi connectivity index (χ4n) is 2.19. The second-order valence-corrected chi connectivity index (χ2v) is 6.51. The van der Waals surface area contributed by atoms with Gasteiger partial charge in [-0.3, -0.25) is 4.98 Å². The summed E-state index contributed by atoms with van der Waals surface area (Å²) in [5, 5.41) is 12.4. The number of aryl methyl sites for hydroxylation is 1. The first-order chi connectivity index (χ1) is 12.2. The van der Waals surface area contributed by atoms with Crippen molar-refractivity contribution >= 4 is 11.8 Å². The molecule has 0 aliphatic heterocycles. The van der Waals surface area contributed by atoms with Gasteiger partial charge in [0.2, 0.25) is 11.7 Å². The monoisotopic (exact) mass is 355 g/mol. The number of rotatable bonds is 5. The summed E-state index contributed by atoms with van der Waals surface area (Å²) in [4.78, 5) is 8.45. The highest BCUT2D eigenvalue weighted by Gasteiger charge is 2.20. The molecule has 0 aliphatic rings. The van der Waals surface area contributed by atoms with E-state index in [9.17, 15) is 0 Å². The fourth-order valence-corrected chi connectivity index (χ4v) is 2.90. The maximum absolute atomic E-state index is 5.67. The molecule has 9 heteroatoms. The van der Waals surface area contributed by atoms with Crippen LogP contribution >= 0.6 is 11.8 Å². The van der Waals surface area contributed by atoms with E-state index in [4.69, 9.17) is 13.4 Å². The Balaban J connectivity index is 1.49. The Labute approximate surface area is 146 Å². The van der Waals surface area contributed by atoms with Crippen molar-refractivity contribution in [3.8, 4) is 22.8 Å². The molecule has 25 heavy (non-hydrogen) atoms. The lowest BCUT2D eigenvalue weighted by molar-refractivity contribution is 0.379. The molecule has 0 aliphatic carbocycles. The van der Waals surface area contributed by atoms with E-state index < -0.39 is 0 Å². The van der Waals surface area contributed by atoms with E-state index >= 15 is 0 Å². The van der Waals surface area contributed by atoms with E-state index in [2.05, 4.69) is 25.3 Å². The Hall–Kier alpha value is -2.94. The summed E-state index contributed by atoms with van der Waals surface area (Å²) < 4.78 is 16.3. The quantitative estimate of drug-likeness (QED) is 0.492. The molecule has 0 spiro atoms. The smallest absolute Gasteiger partial charge is 0.277 e. The zero-order valence-electron chi connectivity index (χ0n) is 13.4. The minimum absolute atomic E-state index is 0.142. The van der Waals surface area contributed by atoms with Gasteiger partial charge < -0.3 is 13.4 Å². The van der Waals surface area contributed by atoms with E-state index in [1.807, 2.05) is 26.0 Å². The number of hydrogen-bond acceptors (Lipinski definition) is 9. The lowest BCUT2D eigenvalue weighted by atomic mass is 10.3. The average Bonchev–Trinajstić information content (AvgIpc) is 3.36. The topological polar surface area (TPSA) is 104 Å². The number of furan rings is 1. The van der Waals surface area contributed by atoms with Gasteiger partial charge in [-0.1, -0.05) is 16.9 Å². The Kier molecular flexibility index (Phi) is 4.06. The van der Waals surface area contributed by atoms with Crippen LogP contribution < -0.4 is 0 Å². The normalized spacial score (nSPS) is 12.4. The van der Waals surface area contributed by atoms with Crippen molar-refractivity contribution in [1.29, 1.82) is 0 Å². The molecule has 0 saturated heterocycles. The van der Waals surface area contributed by atoms with Crippen LogP contribution in [0, 0.1) is 6.92 Å². The lowest BCUT2D eigenvalue weighted by Gasteiger charge is -2.00. The molecule has 0 bridgehead atoms. The summed E-state index contributed by atoms with van der Waals surface area (Å²) in [6.07, 6.45) is 4.96. The number of pyridine rings is 1. The molecule has 0 fully saturated rings. The first kappa shape index (κ1) is 15.6. The van der Waals surface area contributed by atoms with Crippen LogP contribution in [0.2, 0.25) is 0 Å². The molecule has 4 heterocycles. The van der Waals surface area contributed by atoms with E-state index in [0.717, 1.165) is 16.9 Å². The van der Waals surface area contributed by atoms with Gasteiger partial charge in [-0.05, 0) is 32.0 Å². The Bertz CT molecular complexity index is 979. The van der Waals surface area contributed by atoms with Gasteiger partial charge in [-0.25, -0.2) is 0 Å². The second-order valence-electron chi connectivity index (χ2n) is 5.22. The minimum Gasteiger partial charge on any atom is -0.469 e. The molecular weight excluding hydrogens is 342 g/mol. The van der Waals surface area contributed by atoms with Crippen molar-refractivity contribution in [2.45, 2.75) is 24.3 Å². The van der Waals surface area contributed by atoms with E-state index in [-0.39, 0.29) is 5.25 Å². The minimum atomic E-state index is -0.142. The van der Waals surface area contributed by atoms with Crippen LogP contribution in [0.15, 0.2) is 55.4 Å². The third-order valence-corrected chi connectivity index (χ3v) is 4.40. The molecular formula is C16H13N5O3S. The standard InChI is InChI=1S/C16H13N5O3S/c1-9-12(5-7-22-9)15-19-20-16(23-15)25-10(2)14-18-13(21-24-14)11-4-3-6-17-8-11/h3-8,10H,1-2H3. The number of thioether (sulfide) groups is 1. The van der Waals surface area contributed by atoms with Crippen LogP contribution in [0.1, 0.15) is 23.8 Å². The predicted molar refractivity (Wildman–Crippen MR) is 88.5 cm³/mol. The highest BCUT2D eigenvalue weighted by Crippen LogP contribution is 2.35. The molecule has 1 unspecified atom stereocenters. The maximum atomic E-state index is 5.67. The van der Waals surface area contributed by atoms with Gasteiger partial charge >= 0.3 is 0 Å². The Morgan fingerprint density at radius 2 is 2.12 bits per heavy atom. The largest absolute Gasteiger partial charge is 0.469 e. The van der Waals surface area contributed by atoms with Crippen molar-refractivity contribution in [1.82, 2.24) is 25.3 Å². The molecule has 4 rings (SSSR count). The lowest BCUT2D eigenvalue weighted by Crippen LogP contribution is -1.89. The van der Waals surface area contributed by atoms with Crippen LogP contribution in [0.25, 0.3) is 22.8 Å². The zero-order valence-corrected chi connectivity index (χ0v) is 14.2. The van der Waals surface area contributed by atoms with Crippen molar-refractivity contribution < 1.29 is 13.4 Å². The Morgan fingerprint density at radius 3 is 2.88 bits per heavy atom. The third-order valence-electron chi connectivity index (χ3n) is 3.48. The molecule has 126 valence electrons. The van der Waals surface area contributed by atoms with Gasteiger partial charge in [0, 0.05) is 18.0 Å². The van der Waals surface area contributed by atoms with Gasteiger partial charge in [0.25, 0.3) is 11.1 Å². The van der Waals surface area contributed by atoms with Gasteiger partial charge in [0.1, 0.15) is 5.76 Å². The van der Waals surface area contributed by atoms with Crippen molar-refractivity contribution in [3.05, 3.63) is 48.5 Å². The summed E-state index contributed by atoms with van der Waals surface area (Å²) in [7, 11) is 0. The fraction of sp³-hybridized carbons (Fsp3) is 0.188. The second kappa shape index (κ2) is 6.52. The highest BCUT2D eigenvalue weighted by molar-refractivity contribution is 7.99. The summed E-state index contributed by atoms with van der Waals surface area (Å²) in [6.45, 7) is 3.77. The molecule has 8 nitrogen and oxygen atoms in total. The van der Waals surface area contributed by atoms with Crippen molar-refractivity contribution in [2.24, 2.45) is 0 Å². The highest BCUT2D eigenvalue weighted by atomic mass is 32.2. The first-order valence-corrected chi connectivity index (χ1v) is 8.37. The van der Waals surface area contributed by atoms with Gasteiger partial charge in [0.05, 0.1) is 17.1 Å². The van der Waals surface area contributed by atoms with Gasteiger partial charge in [0.15, 0.2) is 0 Å². The summed E-state index contributed by atoms with van der Waals surface area (Å²) >= 11 is 1.35. The summed E-state index contributed by atoms with van der Waals surface area (Å²) in [5.74, 6) is 2.12. The summed E-state index contributed by atoms with van der Waals surface area (Å²) in [5.41, 5.74) is 1.58. The zero-order chi connectivity index (χ0) is 17.2. The summed E-state index contributed by atoms with van der Waals surface area (Å²) in [6, 6.07) is 5.48. The van der Waals surface area contributed by atoms with Crippen LogP contribution in [0.3, 0.4) is 0 Å². The van der Waals surface area contributed by atoms with Crippen LogP contribution in [-0.4, -0.2) is 25.3 Å². The van der Waals surface area contributed by atoms with Crippen molar-refractivity contribution in [3.63, 3.8) is 0 Å². The van der Waals surface area contributed by atoms with E-state index in [0.29, 0.717) is 22.8 Å². The SMILES string of the molecule is Cc1occc1-c1nnc(SC(C)c2nc(-c3cccnc3)no2)o1. The van der Waals surface area contributed by atoms with E-state index in [1.54, 1.807) is 24.7 Å². The van der Waals surface area contributed by atoms with Crippen LogP contribution in [-0.2, 0) is 0 Å². The molecule has 0 aromatic carbocycles. The van der Waals surface area contributed by atoms with Crippen LogP contribution in [0.4, 0.5) is 0 Å². The van der Waals surface area contributed by atoms with E-state index in [1.165, 1.54) is 11.8 Å². The molecule has 4 aromatic rings. The van der Waals surface area contributed by atoms with Gasteiger partial charge in [-0.15, -0.1) is 10.2 Å². The molecule has 0 saturated carbocycles. The first-order valence-electron chi connectivity index (χ1n) is 7.49. The number of aromatic nitrogens is 5. The number of nitrogens with zero attached hydrogens (tertiary/aromatic N) is 5. The third kappa shape index (κ3) is 3.18. The molecule has 0 amide bonds. The molecule has 4 aromatic heterocycles. The number of hydrogen-bond donors (Lipinski definition) is 0. The molecule has 0 N–H and O–H groups in total.